The molecule has 0 bridgehead atoms. The summed E-state index contributed by atoms with van der Waals surface area (Å²) in [4.78, 5) is 17.1. The molecule has 4 rings (SSSR count). The predicted octanol–water partition coefficient (Wildman–Crippen LogP) is 1.41. The lowest BCUT2D eigenvalue weighted by molar-refractivity contribution is 0.103. The normalized spacial score (nSPS) is 18.2. The topological polar surface area (TPSA) is 75.6 Å². The van der Waals surface area contributed by atoms with E-state index in [1.165, 1.54) is 6.07 Å². The zero-order chi connectivity index (χ0) is 15.3. The predicted molar refractivity (Wildman–Crippen MR) is 81.2 cm³/mol. The number of nitrogens with one attached hydrogen (secondary N) is 1. The third kappa shape index (κ3) is 1.67. The number of nitrogens with zero attached hydrogens (tertiary/aromatic N) is 1. The second kappa shape index (κ2) is 4.51. The molecule has 0 saturated heterocycles. The fourth-order valence-electron chi connectivity index (χ4n) is 2.91. The molecule has 2 aliphatic heterocycles. The molecule has 22 heavy (non-hydrogen) atoms. The second-order valence-corrected chi connectivity index (χ2v) is 7.02. The van der Waals surface area contributed by atoms with E-state index in [1.807, 2.05) is 0 Å². The van der Waals surface area contributed by atoms with Gasteiger partial charge in [-0.2, -0.15) is 0 Å². The summed E-state index contributed by atoms with van der Waals surface area (Å²) in [6.45, 7) is 1.27. The van der Waals surface area contributed by atoms with Gasteiger partial charge in [0.15, 0.2) is 5.78 Å². The first-order valence-corrected chi connectivity index (χ1v) is 8.39. The maximum atomic E-state index is 13.0. The van der Waals surface area contributed by atoms with E-state index < -0.39 is 9.84 Å². The lowest BCUT2D eigenvalue weighted by Crippen LogP contribution is -2.27. The molecule has 0 aromatic heterocycles. The molecule has 6 heteroatoms. The Morgan fingerprint density at radius 3 is 2.45 bits per heavy atom. The van der Waals surface area contributed by atoms with Gasteiger partial charge in [-0.25, -0.2) is 8.42 Å². The third-order valence-electron chi connectivity index (χ3n) is 3.88. The number of hydrogen-bond acceptors (Lipinski definition) is 5. The second-order valence-electron chi connectivity index (χ2n) is 5.17. The van der Waals surface area contributed by atoms with Crippen LogP contribution in [0.5, 0.6) is 0 Å². The van der Waals surface area contributed by atoms with Crippen molar-refractivity contribution in [2.75, 3.05) is 13.1 Å². The van der Waals surface area contributed by atoms with Crippen LogP contribution < -0.4 is 5.32 Å². The number of aliphatic imine (C=N–C) groups is 1. The summed E-state index contributed by atoms with van der Waals surface area (Å²) in [6, 6.07) is 11.3. The smallest absolute Gasteiger partial charge is 0.208 e. The van der Waals surface area contributed by atoms with Gasteiger partial charge in [0.1, 0.15) is 5.84 Å². The van der Waals surface area contributed by atoms with Gasteiger partial charge >= 0.3 is 0 Å². The molecule has 0 fully saturated rings. The average Bonchev–Trinajstić information content (AvgIpc) is 3.07. The van der Waals surface area contributed by atoms with Crippen molar-refractivity contribution in [1.82, 2.24) is 5.32 Å². The van der Waals surface area contributed by atoms with Gasteiger partial charge in [0.05, 0.1) is 16.3 Å². The number of carbonyl (C=O) groups excluding carboxylic acids is 1. The summed E-state index contributed by atoms with van der Waals surface area (Å²) in [7, 11) is -3.74. The van der Waals surface area contributed by atoms with Gasteiger partial charge in [0.25, 0.3) is 0 Å². The van der Waals surface area contributed by atoms with Gasteiger partial charge in [-0.05, 0) is 24.3 Å². The molecule has 0 spiro atoms. The molecule has 2 heterocycles. The van der Waals surface area contributed by atoms with Crippen LogP contribution in [0.25, 0.3) is 0 Å². The van der Waals surface area contributed by atoms with Crippen LogP contribution in [0.3, 0.4) is 0 Å². The van der Waals surface area contributed by atoms with Crippen molar-refractivity contribution in [2.24, 2.45) is 4.99 Å². The molecule has 0 radical (unpaired) electrons. The van der Waals surface area contributed by atoms with E-state index in [-0.39, 0.29) is 26.7 Å². The largest absolute Gasteiger partial charge is 0.368 e. The van der Waals surface area contributed by atoms with E-state index >= 15 is 0 Å². The molecule has 0 aliphatic carbocycles. The Morgan fingerprint density at radius 1 is 0.955 bits per heavy atom. The fourth-order valence-corrected chi connectivity index (χ4v) is 4.75. The molecular weight excluding hydrogens is 300 g/mol. The first-order valence-electron chi connectivity index (χ1n) is 6.91. The molecule has 0 saturated carbocycles. The summed E-state index contributed by atoms with van der Waals surface area (Å²) in [6.07, 6.45) is 0. The van der Waals surface area contributed by atoms with Crippen molar-refractivity contribution in [3.63, 3.8) is 0 Å². The highest BCUT2D eigenvalue weighted by Crippen LogP contribution is 2.36. The molecule has 110 valence electrons. The molecule has 1 N–H and O–H groups in total. The van der Waals surface area contributed by atoms with E-state index in [2.05, 4.69) is 10.3 Å². The molecule has 0 atom stereocenters. The van der Waals surface area contributed by atoms with Crippen LogP contribution in [0.2, 0.25) is 0 Å². The van der Waals surface area contributed by atoms with Crippen molar-refractivity contribution >= 4 is 21.5 Å². The highest BCUT2D eigenvalue weighted by molar-refractivity contribution is 7.92. The number of sulfone groups is 1. The molecule has 2 aromatic rings. The number of fused-ring (bicyclic) bond motifs is 2. The number of rotatable bonds is 1. The van der Waals surface area contributed by atoms with Crippen LogP contribution >= 0.6 is 0 Å². The SMILES string of the molecule is O=C1c2ccccc2S(=O)(=O)c2c1cccc2C1=NCCN1. The Morgan fingerprint density at radius 2 is 1.68 bits per heavy atom. The number of amidine groups is 1. The minimum atomic E-state index is -3.74. The highest BCUT2D eigenvalue weighted by atomic mass is 32.2. The minimum Gasteiger partial charge on any atom is -0.368 e. The molecule has 2 aromatic carbocycles. The van der Waals surface area contributed by atoms with Crippen LogP contribution in [-0.4, -0.2) is 33.1 Å². The molecule has 2 aliphatic rings. The van der Waals surface area contributed by atoms with Gasteiger partial charge in [0, 0.05) is 23.2 Å². The summed E-state index contributed by atoms with van der Waals surface area (Å²) < 4.78 is 26.0. The van der Waals surface area contributed by atoms with E-state index in [0.717, 1.165) is 0 Å². The van der Waals surface area contributed by atoms with Crippen LogP contribution in [0.4, 0.5) is 0 Å². The zero-order valence-electron chi connectivity index (χ0n) is 11.5. The van der Waals surface area contributed by atoms with E-state index in [0.29, 0.717) is 24.5 Å². The van der Waals surface area contributed by atoms with Crippen molar-refractivity contribution in [2.45, 2.75) is 9.79 Å². The Bertz CT molecular complexity index is 946. The lowest BCUT2D eigenvalue weighted by Gasteiger charge is -2.21. The standard InChI is InChI=1S/C16H12N2O3S/c19-14-10-4-1-2-7-13(10)22(20,21)15-11(14)5-3-6-12(15)16-17-8-9-18-16/h1-7H,8-9H2,(H,17,18). The Balaban J connectivity index is 2.08. The molecule has 5 nitrogen and oxygen atoms in total. The number of ketones is 1. The zero-order valence-corrected chi connectivity index (χ0v) is 12.4. The first kappa shape index (κ1) is 13.2. The Hall–Kier alpha value is -2.47. The van der Waals surface area contributed by atoms with E-state index in [4.69, 9.17) is 0 Å². The Labute approximate surface area is 127 Å². The fraction of sp³-hybridized carbons (Fsp3) is 0.125. The van der Waals surface area contributed by atoms with Gasteiger partial charge in [-0.1, -0.05) is 18.2 Å². The highest BCUT2D eigenvalue weighted by Gasteiger charge is 2.37. The van der Waals surface area contributed by atoms with Crippen LogP contribution in [-0.2, 0) is 9.84 Å². The van der Waals surface area contributed by atoms with Gasteiger partial charge in [0.2, 0.25) is 9.84 Å². The molecular formula is C16H12N2O3S. The molecule has 0 amide bonds. The summed E-state index contributed by atoms with van der Waals surface area (Å²) >= 11 is 0. The van der Waals surface area contributed by atoms with E-state index in [1.54, 1.807) is 36.4 Å². The monoisotopic (exact) mass is 312 g/mol. The van der Waals surface area contributed by atoms with Gasteiger partial charge in [-0.3, -0.25) is 9.79 Å². The average molecular weight is 312 g/mol. The van der Waals surface area contributed by atoms with Crippen LogP contribution in [0.15, 0.2) is 57.2 Å². The lowest BCUT2D eigenvalue weighted by atomic mass is 10.00. The van der Waals surface area contributed by atoms with Crippen LogP contribution in [0, 0.1) is 0 Å². The Kier molecular flexibility index (Phi) is 2.71. The minimum absolute atomic E-state index is 0.0619. The number of hydrogen-bond donors (Lipinski definition) is 1. The van der Waals surface area contributed by atoms with Crippen molar-refractivity contribution in [3.8, 4) is 0 Å². The van der Waals surface area contributed by atoms with E-state index in [9.17, 15) is 13.2 Å². The summed E-state index contributed by atoms with van der Waals surface area (Å²) in [5.74, 6) is 0.272. The number of benzene rings is 2. The number of carbonyl (C=O) groups is 1. The maximum Gasteiger partial charge on any atom is 0.208 e. The van der Waals surface area contributed by atoms with Crippen molar-refractivity contribution in [1.29, 1.82) is 0 Å². The van der Waals surface area contributed by atoms with Crippen LogP contribution in [0.1, 0.15) is 21.5 Å². The van der Waals surface area contributed by atoms with Crippen molar-refractivity contribution < 1.29 is 13.2 Å². The third-order valence-corrected chi connectivity index (χ3v) is 5.79. The first-order chi connectivity index (χ1) is 10.6. The summed E-state index contributed by atoms with van der Waals surface area (Å²) in [5, 5.41) is 3.07. The van der Waals surface area contributed by atoms with Gasteiger partial charge in [-0.15, -0.1) is 0 Å². The summed E-state index contributed by atoms with van der Waals surface area (Å²) in [5.41, 5.74) is 0.916. The molecule has 0 unspecified atom stereocenters. The van der Waals surface area contributed by atoms with Gasteiger partial charge < -0.3 is 5.32 Å². The van der Waals surface area contributed by atoms with Crippen molar-refractivity contribution in [3.05, 3.63) is 59.2 Å². The maximum absolute atomic E-state index is 13.0. The quantitative estimate of drug-likeness (QED) is 0.737.